The normalized spacial score (nSPS) is 13.1. The minimum Gasteiger partial charge on any atom is -0.497 e. The number of hydrogen-bond acceptors (Lipinski definition) is 1. The van der Waals surface area contributed by atoms with Gasteiger partial charge in [-0.05, 0) is 58.5 Å². The molecule has 0 aliphatic heterocycles. The average Bonchev–Trinajstić information content (AvgIpc) is 2.69. The summed E-state index contributed by atoms with van der Waals surface area (Å²) >= 11 is 0. The van der Waals surface area contributed by atoms with Crippen LogP contribution in [0.4, 0.5) is 0 Å². The van der Waals surface area contributed by atoms with E-state index >= 15 is 0 Å². The number of nitrogens with zero attached hydrogens (tertiary/aromatic N) is 1. The summed E-state index contributed by atoms with van der Waals surface area (Å²) in [6.45, 7) is 2.21. The molecule has 0 bridgehead atoms. The molecule has 3 rings (SSSR count). The highest BCUT2D eigenvalue weighted by Gasteiger charge is 2.15. The number of hydrogen-bond donors (Lipinski definition) is 0. The number of benzene rings is 2. The second-order valence-corrected chi connectivity index (χ2v) is 6.56. The highest BCUT2D eigenvalue weighted by atomic mass is 16.5. The van der Waals surface area contributed by atoms with Crippen LogP contribution in [-0.2, 0) is 6.42 Å². The summed E-state index contributed by atoms with van der Waals surface area (Å²) in [6.07, 6.45) is 9.77. The maximum Gasteiger partial charge on any atom is 0.199 e. The average molecular weight is 344 g/mol. The van der Waals surface area contributed by atoms with E-state index in [4.69, 9.17) is 4.74 Å². The molecule has 0 aromatic heterocycles. The third-order valence-electron chi connectivity index (χ3n) is 4.72. The summed E-state index contributed by atoms with van der Waals surface area (Å²) in [5.74, 6) is 0.875. The summed E-state index contributed by atoms with van der Waals surface area (Å²) in [5.41, 5.74) is 7.53. The van der Waals surface area contributed by atoms with Gasteiger partial charge >= 0.3 is 0 Å². The van der Waals surface area contributed by atoms with Crippen molar-refractivity contribution >= 4 is 11.3 Å². The van der Waals surface area contributed by atoms with E-state index in [1.807, 2.05) is 12.1 Å². The fourth-order valence-electron chi connectivity index (χ4n) is 3.23. The quantitative estimate of drug-likeness (QED) is 0.719. The number of methoxy groups -OCH3 is 1. The predicted molar refractivity (Wildman–Crippen MR) is 110 cm³/mol. The van der Waals surface area contributed by atoms with Crippen molar-refractivity contribution < 1.29 is 9.31 Å². The van der Waals surface area contributed by atoms with Crippen LogP contribution in [0, 0.1) is 0 Å². The lowest BCUT2D eigenvalue weighted by atomic mass is 9.87. The lowest BCUT2D eigenvalue weighted by molar-refractivity contribution is -0.462. The molecule has 0 atom stereocenters. The molecular weight excluding hydrogens is 318 g/mol. The number of ether oxygens (including phenoxy) is 1. The van der Waals surface area contributed by atoms with Crippen molar-refractivity contribution in [1.82, 2.24) is 0 Å². The van der Waals surface area contributed by atoms with Crippen LogP contribution in [0.5, 0.6) is 5.75 Å². The molecule has 2 heteroatoms. The largest absolute Gasteiger partial charge is 0.497 e. The minimum absolute atomic E-state index is 0.875. The van der Waals surface area contributed by atoms with Gasteiger partial charge in [0.25, 0.3) is 0 Å². The highest BCUT2D eigenvalue weighted by Crippen LogP contribution is 2.32. The van der Waals surface area contributed by atoms with E-state index in [2.05, 4.69) is 86.3 Å². The number of aryl methyl sites for hydroxylation is 1. The first-order valence-corrected chi connectivity index (χ1v) is 9.01. The molecule has 0 unspecified atom stereocenters. The molecule has 26 heavy (non-hydrogen) atoms. The smallest absolute Gasteiger partial charge is 0.199 e. The van der Waals surface area contributed by atoms with Crippen LogP contribution in [0.3, 0.4) is 0 Å². The molecule has 2 aromatic rings. The van der Waals surface area contributed by atoms with Crippen molar-refractivity contribution in [2.24, 2.45) is 0 Å². The van der Waals surface area contributed by atoms with Crippen molar-refractivity contribution in [3.8, 4) is 5.75 Å². The molecule has 0 spiro atoms. The monoisotopic (exact) mass is 344 g/mol. The second-order valence-electron chi connectivity index (χ2n) is 6.56. The van der Waals surface area contributed by atoms with Crippen LogP contribution in [0.25, 0.3) is 5.57 Å². The first-order chi connectivity index (χ1) is 12.6. The fourth-order valence-corrected chi connectivity index (χ4v) is 3.23. The third kappa shape index (κ3) is 3.70. The van der Waals surface area contributed by atoms with Crippen molar-refractivity contribution in [3.63, 3.8) is 0 Å². The van der Waals surface area contributed by atoms with Gasteiger partial charge in [-0.1, -0.05) is 43.3 Å². The maximum absolute atomic E-state index is 5.33. The maximum atomic E-state index is 5.33. The SMILES string of the molecule is CCc1ccccc1C(=C1C=CC(=[N+](C)C)C=C1)c1ccc(OC)cc1. The van der Waals surface area contributed by atoms with Crippen molar-refractivity contribution in [1.29, 1.82) is 0 Å². The van der Waals surface area contributed by atoms with Crippen LogP contribution >= 0.6 is 0 Å². The summed E-state index contributed by atoms with van der Waals surface area (Å²) in [6, 6.07) is 17.0. The van der Waals surface area contributed by atoms with E-state index < -0.39 is 0 Å². The van der Waals surface area contributed by atoms with Gasteiger partial charge in [-0.2, -0.15) is 0 Å². The van der Waals surface area contributed by atoms with Gasteiger partial charge in [0.05, 0.1) is 7.11 Å². The van der Waals surface area contributed by atoms with E-state index in [-0.39, 0.29) is 0 Å². The summed E-state index contributed by atoms with van der Waals surface area (Å²) in [7, 11) is 5.83. The summed E-state index contributed by atoms with van der Waals surface area (Å²) in [4.78, 5) is 0. The van der Waals surface area contributed by atoms with Gasteiger partial charge in [0.2, 0.25) is 0 Å². The van der Waals surface area contributed by atoms with E-state index in [1.54, 1.807) is 7.11 Å². The molecule has 2 nitrogen and oxygen atoms in total. The third-order valence-corrected chi connectivity index (χ3v) is 4.72. The van der Waals surface area contributed by atoms with Gasteiger partial charge in [0.1, 0.15) is 19.8 Å². The molecular formula is C24H26NO+. The molecule has 0 saturated carbocycles. The zero-order valence-electron chi connectivity index (χ0n) is 16.0. The van der Waals surface area contributed by atoms with Crippen LogP contribution in [0.15, 0.2) is 78.4 Å². The van der Waals surface area contributed by atoms with Gasteiger partial charge < -0.3 is 4.74 Å². The van der Waals surface area contributed by atoms with Crippen LogP contribution in [0.2, 0.25) is 0 Å². The Morgan fingerprint density at radius 1 is 0.885 bits per heavy atom. The zero-order valence-corrected chi connectivity index (χ0v) is 16.0. The zero-order chi connectivity index (χ0) is 18.5. The summed E-state index contributed by atoms with van der Waals surface area (Å²) < 4.78 is 7.45. The van der Waals surface area contributed by atoms with Crippen molar-refractivity contribution in [3.05, 3.63) is 95.1 Å². The highest BCUT2D eigenvalue weighted by molar-refractivity contribution is 6.04. The Morgan fingerprint density at radius 2 is 1.54 bits per heavy atom. The predicted octanol–water partition coefficient (Wildman–Crippen LogP) is 4.90. The van der Waals surface area contributed by atoms with Crippen LogP contribution in [-0.4, -0.2) is 31.5 Å². The molecule has 0 N–H and O–H groups in total. The Morgan fingerprint density at radius 3 is 2.12 bits per heavy atom. The fraction of sp³-hybridized carbons (Fsp3) is 0.208. The number of allylic oxidation sites excluding steroid dienone is 5. The van der Waals surface area contributed by atoms with Crippen LogP contribution < -0.4 is 4.74 Å². The number of rotatable bonds is 4. The molecule has 1 aliphatic rings. The molecule has 0 heterocycles. The summed E-state index contributed by atoms with van der Waals surface area (Å²) in [5, 5.41) is 0. The van der Waals surface area contributed by atoms with Crippen molar-refractivity contribution in [2.75, 3.05) is 21.2 Å². The van der Waals surface area contributed by atoms with Gasteiger partial charge in [0.15, 0.2) is 5.71 Å². The standard InChI is InChI=1S/C24H26NO/c1-5-18-8-6-7-9-23(18)24(20-12-16-22(26-4)17-13-20)19-10-14-21(15-11-19)25(2)3/h6-17H,5H2,1-4H3/q+1. The van der Waals surface area contributed by atoms with Crippen LogP contribution in [0.1, 0.15) is 23.6 Å². The van der Waals surface area contributed by atoms with Gasteiger partial charge in [-0.25, -0.2) is 4.58 Å². The Labute approximate surface area is 156 Å². The van der Waals surface area contributed by atoms with E-state index in [1.165, 1.54) is 33.5 Å². The second kappa shape index (κ2) is 8.01. The van der Waals surface area contributed by atoms with E-state index in [0.29, 0.717) is 0 Å². The molecule has 0 fully saturated rings. The topological polar surface area (TPSA) is 12.2 Å². The Hall–Kier alpha value is -2.87. The molecule has 0 radical (unpaired) electrons. The molecule has 2 aromatic carbocycles. The van der Waals surface area contributed by atoms with Gasteiger partial charge in [0, 0.05) is 12.2 Å². The molecule has 1 aliphatic carbocycles. The minimum atomic E-state index is 0.875. The van der Waals surface area contributed by atoms with Gasteiger partial charge in [-0.15, -0.1) is 0 Å². The lowest BCUT2D eigenvalue weighted by Crippen LogP contribution is -2.10. The molecule has 0 amide bonds. The Balaban J connectivity index is 2.20. The molecule has 0 saturated heterocycles. The van der Waals surface area contributed by atoms with E-state index in [9.17, 15) is 0 Å². The van der Waals surface area contributed by atoms with Crippen molar-refractivity contribution in [2.45, 2.75) is 13.3 Å². The Bertz CT molecular complexity index is 889. The van der Waals surface area contributed by atoms with Gasteiger partial charge in [-0.3, -0.25) is 0 Å². The lowest BCUT2D eigenvalue weighted by Gasteiger charge is -2.17. The van der Waals surface area contributed by atoms with E-state index in [0.717, 1.165) is 12.2 Å². The first-order valence-electron chi connectivity index (χ1n) is 9.01. The Kier molecular flexibility index (Phi) is 5.52. The first kappa shape index (κ1) is 17.9. The molecule has 132 valence electrons.